The quantitative estimate of drug-likeness (QED) is 0.220. The van der Waals surface area contributed by atoms with Gasteiger partial charge in [-0.1, -0.05) is 41.9 Å². The molecule has 9 heteroatoms. The van der Waals surface area contributed by atoms with E-state index in [-0.39, 0.29) is 31.0 Å². The molecule has 0 saturated carbocycles. The monoisotopic (exact) mass is 543 g/mol. The van der Waals surface area contributed by atoms with Crippen molar-refractivity contribution in [3.8, 4) is 16.9 Å². The molecule has 0 spiro atoms. The zero-order valence-corrected chi connectivity index (χ0v) is 22.1. The lowest BCUT2D eigenvalue weighted by Gasteiger charge is -2.34. The zero-order chi connectivity index (χ0) is 26.5. The zero-order valence-electron chi connectivity index (χ0n) is 20.6. The first-order valence-electron chi connectivity index (χ1n) is 12.1. The van der Waals surface area contributed by atoms with Crippen molar-refractivity contribution in [2.75, 3.05) is 19.8 Å². The molecule has 1 amide bonds. The molecule has 0 aromatic heterocycles. The number of sulfone groups is 1. The minimum Gasteiger partial charge on any atom is -0.494 e. The first kappa shape index (κ1) is 27.1. The first-order chi connectivity index (χ1) is 17.8. The van der Waals surface area contributed by atoms with E-state index in [1.807, 2.05) is 25.1 Å². The molecule has 1 fully saturated rings. The van der Waals surface area contributed by atoms with Crippen LogP contribution in [0.25, 0.3) is 11.1 Å². The molecule has 4 rings (SSSR count). The van der Waals surface area contributed by atoms with Gasteiger partial charge >= 0.3 is 0 Å². The van der Waals surface area contributed by atoms with Gasteiger partial charge in [0.15, 0.2) is 14.6 Å². The molecule has 0 bridgehead atoms. The molecule has 2 N–H and O–H groups in total. The van der Waals surface area contributed by atoms with Gasteiger partial charge in [-0.3, -0.25) is 10.0 Å². The SMILES string of the molecule is Cc1cc(-c2cccc(CCCOc3ccc(S(=O)(=O)C4(C(=O)NO)CCOCC4)cc3)c2)ccc1Cl. The number of halogens is 1. The van der Waals surface area contributed by atoms with Crippen molar-refractivity contribution in [3.05, 3.63) is 82.9 Å². The number of ether oxygens (including phenoxy) is 2. The van der Waals surface area contributed by atoms with Crippen molar-refractivity contribution >= 4 is 27.3 Å². The molecule has 0 radical (unpaired) electrons. The Morgan fingerprint density at radius 1 is 1.05 bits per heavy atom. The van der Waals surface area contributed by atoms with Crippen LogP contribution < -0.4 is 10.2 Å². The second kappa shape index (κ2) is 11.6. The highest BCUT2D eigenvalue weighted by atomic mass is 35.5. The molecule has 7 nitrogen and oxygen atoms in total. The molecule has 0 atom stereocenters. The van der Waals surface area contributed by atoms with Crippen LogP contribution in [0.2, 0.25) is 5.02 Å². The van der Waals surface area contributed by atoms with E-state index in [1.54, 1.807) is 12.1 Å². The van der Waals surface area contributed by atoms with Crippen molar-refractivity contribution in [3.63, 3.8) is 0 Å². The van der Waals surface area contributed by atoms with Crippen molar-refractivity contribution in [2.24, 2.45) is 0 Å². The average molecular weight is 544 g/mol. The van der Waals surface area contributed by atoms with Gasteiger partial charge in [0.2, 0.25) is 0 Å². The van der Waals surface area contributed by atoms with E-state index >= 15 is 0 Å². The Balaban J connectivity index is 1.36. The summed E-state index contributed by atoms with van der Waals surface area (Å²) in [5.74, 6) is -0.400. The molecular weight excluding hydrogens is 514 g/mol. The van der Waals surface area contributed by atoms with Crippen LogP contribution in [-0.2, 0) is 25.8 Å². The summed E-state index contributed by atoms with van der Waals surface area (Å²) in [5, 5.41) is 9.93. The molecule has 37 heavy (non-hydrogen) atoms. The Hall–Kier alpha value is -2.91. The first-order valence-corrected chi connectivity index (χ1v) is 14.0. The van der Waals surface area contributed by atoms with Gasteiger partial charge in [-0.15, -0.1) is 0 Å². The topological polar surface area (TPSA) is 102 Å². The molecule has 1 saturated heterocycles. The Kier molecular flexibility index (Phi) is 8.54. The van der Waals surface area contributed by atoms with Crippen LogP contribution in [0.15, 0.2) is 71.6 Å². The van der Waals surface area contributed by atoms with Crippen molar-refractivity contribution in [1.82, 2.24) is 5.48 Å². The minimum absolute atomic E-state index is 0.000369. The van der Waals surface area contributed by atoms with Crippen LogP contribution in [0, 0.1) is 6.92 Å². The number of aryl methyl sites for hydroxylation is 2. The number of hydrogen-bond donors (Lipinski definition) is 2. The summed E-state index contributed by atoms with van der Waals surface area (Å²) < 4.78 is 36.0. The normalized spacial score (nSPS) is 15.2. The number of carbonyl (C=O) groups is 1. The largest absolute Gasteiger partial charge is 0.494 e. The van der Waals surface area contributed by atoms with Crippen LogP contribution in [0.1, 0.15) is 30.4 Å². The number of rotatable bonds is 9. The molecule has 1 aliphatic heterocycles. The van der Waals surface area contributed by atoms with E-state index in [4.69, 9.17) is 21.1 Å². The van der Waals surface area contributed by atoms with Gasteiger partial charge in [0, 0.05) is 18.2 Å². The van der Waals surface area contributed by atoms with Gasteiger partial charge < -0.3 is 9.47 Å². The van der Waals surface area contributed by atoms with Crippen LogP contribution in [0.5, 0.6) is 5.75 Å². The average Bonchev–Trinajstić information content (AvgIpc) is 2.93. The second-order valence-electron chi connectivity index (χ2n) is 9.14. The Bertz CT molecular complexity index is 1350. The highest BCUT2D eigenvalue weighted by molar-refractivity contribution is 7.93. The fraction of sp³-hybridized carbons (Fsp3) is 0.321. The third-order valence-corrected chi connectivity index (χ3v) is 9.70. The van der Waals surface area contributed by atoms with Gasteiger partial charge in [-0.25, -0.2) is 13.9 Å². The summed E-state index contributed by atoms with van der Waals surface area (Å²) >= 11 is 6.15. The predicted molar refractivity (Wildman–Crippen MR) is 142 cm³/mol. The number of benzene rings is 3. The van der Waals surface area contributed by atoms with E-state index in [0.717, 1.165) is 34.6 Å². The van der Waals surface area contributed by atoms with Crippen LogP contribution in [0.3, 0.4) is 0 Å². The third kappa shape index (κ3) is 5.83. The summed E-state index contributed by atoms with van der Waals surface area (Å²) in [6.45, 7) is 2.70. The third-order valence-electron chi connectivity index (χ3n) is 6.76. The highest BCUT2D eigenvalue weighted by Crippen LogP contribution is 2.36. The van der Waals surface area contributed by atoms with E-state index in [1.165, 1.54) is 23.2 Å². The molecule has 0 aliphatic carbocycles. The maximum absolute atomic E-state index is 13.3. The minimum atomic E-state index is -4.06. The van der Waals surface area contributed by atoms with E-state index in [0.29, 0.717) is 12.4 Å². The lowest BCUT2D eigenvalue weighted by Crippen LogP contribution is -2.54. The Labute approximate surface area is 222 Å². The standard InChI is InChI=1S/C28H30ClNO6S/c1-20-18-23(7-12-26(20)29)22-6-2-4-21(19-22)5-3-15-36-24-8-10-25(11-9-24)37(33,34)28(27(31)30-32)13-16-35-17-14-28/h2,4,6-12,18-19,32H,3,5,13-17H2,1H3,(H,30,31). The van der Waals surface area contributed by atoms with Gasteiger partial charge in [0.25, 0.3) is 5.91 Å². The summed E-state index contributed by atoms with van der Waals surface area (Å²) in [7, 11) is -4.06. The van der Waals surface area contributed by atoms with Crippen molar-refractivity contribution in [2.45, 2.75) is 42.2 Å². The molecule has 1 aliphatic rings. The highest BCUT2D eigenvalue weighted by Gasteiger charge is 2.52. The van der Waals surface area contributed by atoms with Crippen LogP contribution in [0.4, 0.5) is 0 Å². The summed E-state index contributed by atoms with van der Waals surface area (Å²) in [5.41, 5.74) is 6.01. The predicted octanol–water partition coefficient (Wildman–Crippen LogP) is 5.16. The molecule has 3 aromatic carbocycles. The second-order valence-corrected chi connectivity index (χ2v) is 11.8. The van der Waals surface area contributed by atoms with Gasteiger partial charge in [0.05, 0.1) is 11.5 Å². The van der Waals surface area contributed by atoms with Crippen LogP contribution in [-0.4, -0.2) is 44.1 Å². The number of hydroxylamine groups is 1. The number of carbonyl (C=O) groups excluding carboxylic acids is 1. The maximum Gasteiger partial charge on any atom is 0.265 e. The molecule has 1 heterocycles. The fourth-order valence-corrected chi connectivity index (χ4v) is 6.62. The van der Waals surface area contributed by atoms with Gasteiger partial charge in [-0.2, -0.15) is 0 Å². The summed E-state index contributed by atoms with van der Waals surface area (Å²) in [4.78, 5) is 12.4. The van der Waals surface area contributed by atoms with E-state index in [2.05, 4.69) is 24.3 Å². The summed E-state index contributed by atoms with van der Waals surface area (Å²) in [6.07, 6.45) is 1.55. The molecule has 196 valence electrons. The summed E-state index contributed by atoms with van der Waals surface area (Å²) in [6, 6.07) is 20.4. The van der Waals surface area contributed by atoms with Crippen molar-refractivity contribution in [1.29, 1.82) is 0 Å². The number of nitrogens with one attached hydrogen (secondary N) is 1. The lowest BCUT2D eigenvalue weighted by molar-refractivity contribution is -0.134. The van der Waals surface area contributed by atoms with Crippen LogP contribution >= 0.6 is 11.6 Å². The molecular formula is C28H30ClNO6S. The Morgan fingerprint density at radius 2 is 1.76 bits per heavy atom. The Morgan fingerprint density at radius 3 is 2.43 bits per heavy atom. The number of hydrogen-bond acceptors (Lipinski definition) is 6. The van der Waals surface area contributed by atoms with E-state index < -0.39 is 20.5 Å². The number of amides is 1. The molecule has 3 aromatic rings. The van der Waals surface area contributed by atoms with E-state index in [9.17, 15) is 18.4 Å². The smallest absolute Gasteiger partial charge is 0.265 e. The van der Waals surface area contributed by atoms with Gasteiger partial charge in [0.1, 0.15) is 5.75 Å². The lowest BCUT2D eigenvalue weighted by atomic mass is 9.98. The van der Waals surface area contributed by atoms with Gasteiger partial charge in [-0.05, 0) is 91.3 Å². The van der Waals surface area contributed by atoms with Crippen molar-refractivity contribution < 1.29 is 27.9 Å². The fourth-order valence-electron chi connectivity index (χ4n) is 4.56. The maximum atomic E-state index is 13.3. The molecule has 0 unspecified atom stereocenters.